The first-order valence-corrected chi connectivity index (χ1v) is 10.1. The van der Waals surface area contributed by atoms with Crippen LogP contribution >= 0.6 is 0 Å². The maximum Gasteiger partial charge on any atom is 0.419 e. The van der Waals surface area contributed by atoms with E-state index in [1.165, 1.54) is 15.6 Å². The van der Waals surface area contributed by atoms with Gasteiger partial charge in [-0.1, -0.05) is 0 Å². The SMILES string of the molecule is CN(C)C(=O)CCn1nc(Nc2ccc(F)c(C(F)(F)F)c2)nc1-c1cnc2c(c1)CCN2. The van der Waals surface area contributed by atoms with Gasteiger partial charge in [-0.25, -0.2) is 14.1 Å². The molecule has 1 aromatic carbocycles. The average Bonchev–Trinajstić information content (AvgIpc) is 3.38. The Balaban J connectivity index is 1.67. The minimum atomic E-state index is -4.84. The minimum absolute atomic E-state index is 0.0145. The zero-order valence-corrected chi connectivity index (χ0v) is 17.9. The Labute approximate surface area is 186 Å². The molecule has 1 aliphatic heterocycles. The van der Waals surface area contributed by atoms with Gasteiger partial charge in [-0.2, -0.15) is 18.2 Å². The van der Waals surface area contributed by atoms with Gasteiger partial charge in [-0.05, 0) is 36.2 Å². The molecule has 4 rings (SSSR count). The first kappa shape index (κ1) is 22.5. The molecule has 1 aliphatic rings. The highest BCUT2D eigenvalue weighted by atomic mass is 19.4. The fraction of sp³-hybridized carbons (Fsp3) is 0.333. The second-order valence-corrected chi connectivity index (χ2v) is 7.75. The smallest absolute Gasteiger partial charge is 0.370 e. The van der Waals surface area contributed by atoms with Gasteiger partial charge in [0, 0.05) is 44.5 Å². The summed E-state index contributed by atoms with van der Waals surface area (Å²) in [5.41, 5.74) is 0.256. The molecule has 174 valence electrons. The summed E-state index contributed by atoms with van der Waals surface area (Å²) < 4.78 is 54.3. The summed E-state index contributed by atoms with van der Waals surface area (Å²) in [6.45, 7) is 0.975. The Morgan fingerprint density at radius 2 is 2.06 bits per heavy atom. The highest BCUT2D eigenvalue weighted by molar-refractivity contribution is 5.75. The molecule has 0 spiro atoms. The minimum Gasteiger partial charge on any atom is -0.370 e. The fourth-order valence-electron chi connectivity index (χ4n) is 3.44. The number of alkyl halides is 3. The summed E-state index contributed by atoms with van der Waals surface area (Å²) in [6.07, 6.45) is -2.27. The van der Waals surface area contributed by atoms with Gasteiger partial charge in [0.1, 0.15) is 11.6 Å². The van der Waals surface area contributed by atoms with Crippen molar-refractivity contribution in [2.45, 2.75) is 25.6 Å². The number of rotatable bonds is 6. The summed E-state index contributed by atoms with van der Waals surface area (Å²) in [4.78, 5) is 22.3. The van der Waals surface area contributed by atoms with Gasteiger partial charge in [0.2, 0.25) is 11.9 Å². The number of amides is 1. The largest absolute Gasteiger partial charge is 0.419 e. The highest BCUT2D eigenvalue weighted by Gasteiger charge is 2.34. The molecule has 2 aromatic heterocycles. The van der Waals surface area contributed by atoms with Crippen LogP contribution in [0.3, 0.4) is 0 Å². The Hall–Kier alpha value is -3.70. The predicted molar refractivity (Wildman–Crippen MR) is 113 cm³/mol. The van der Waals surface area contributed by atoms with Crippen molar-refractivity contribution in [3.63, 3.8) is 0 Å². The number of carbonyl (C=O) groups excluding carboxylic acids is 1. The van der Waals surface area contributed by atoms with Crippen LogP contribution in [0.1, 0.15) is 17.5 Å². The third kappa shape index (κ3) is 4.89. The molecule has 8 nitrogen and oxygen atoms in total. The maximum absolute atomic E-state index is 13.6. The number of aromatic nitrogens is 4. The standard InChI is InChI=1S/C21H21F4N7O/c1-31(2)17(33)6-8-32-19(13-9-12-5-7-26-18(12)27-11-13)29-20(30-32)28-14-3-4-16(22)15(10-14)21(23,24)25/h3-4,9-11H,5-8H2,1-2H3,(H,26,27)(H,28,30). The lowest BCUT2D eigenvalue weighted by Crippen LogP contribution is -2.23. The molecule has 0 saturated carbocycles. The second-order valence-electron chi connectivity index (χ2n) is 7.75. The maximum atomic E-state index is 13.6. The van der Waals surface area contributed by atoms with Crippen LogP contribution < -0.4 is 10.6 Å². The van der Waals surface area contributed by atoms with Crippen LogP contribution in [0.25, 0.3) is 11.4 Å². The zero-order chi connectivity index (χ0) is 23.8. The summed E-state index contributed by atoms with van der Waals surface area (Å²) >= 11 is 0. The molecule has 0 fully saturated rings. The van der Waals surface area contributed by atoms with E-state index in [9.17, 15) is 22.4 Å². The van der Waals surface area contributed by atoms with Crippen molar-refractivity contribution >= 4 is 23.4 Å². The van der Waals surface area contributed by atoms with E-state index in [2.05, 4.69) is 25.7 Å². The third-order valence-corrected chi connectivity index (χ3v) is 5.15. The van der Waals surface area contributed by atoms with E-state index in [-0.39, 0.29) is 30.5 Å². The lowest BCUT2D eigenvalue weighted by molar-refractivity contribution is -0.140. The fourth-order valence-corrected chi connectivity index (χ4v) is 3.44. The van der Waals surface area contributed by atoms with Gasteiger partial charge in [0.25, 0.3) is 0 Å². The van der Waals surface area contributed by atoms with Crippen LogP contribution in [0.5, 0.6) is 0 Å². The van der Waals surface area contributed by atoms with Crippen LogP contribution in [0.4, 0.5) is 35.0 Å². The van der Waals surface area contributed by atoms with Crippen molar-refractivity contribution in [1.82, 2.24) is 24.6 Å². The summed E-state index contributed by atoms with van der Waals surface area (Å²) in [7, 11) is 3.28. The Kier molecular flexibility index (Phi) is 5.91. The van der Waals surface area contributed by atoms with Gasteiger partial charge in [0.05, 0.1) is 12.1 Å². The van der Waals surface area contributed by atoms with Crippen molar-refractivity contribution in [3.05, 3.63) is 47.4 Å². The number of hydrogen-bond donors (Lipinski definition) is 2. The van der Waals surface area contributed by atoms with E-state index in [1.807, 2.05) is 6.07 Å². The van der Waals surface area contributed by atoms with Gasteiger partial charge < -0.3 is 15.5 Å². The van der Waals surface area contributed by atoms with Gasteiger partial charge in [-0.3, -0.25) is 4.79 Å². The molecule has 0 radical (unpaired) electrons. The van der Waals surface area contributed by atoms with Crippen molar-refractivity contribution < 1.29 is 22.4 Å². The van der Waals surface area contributed by atoms with Crippen molar-refractivity contribution in [2.75, 3.05) is 31.3 Å². The number of halogens is 4. The van der Waals surface area contributed by atoms with Crippen molar-refractivity contribution in [1.29, 1.82) is 0 Å². The van der Waals surface area contributed by atoms with Crippen LogP contribution in [-0.2, 0) is 23.9 Å². The molecule has 2 N–H and O–H groups in total. The van der Waals surface area contributed by atoms with E-state index in [1.54, 1.807) is 20.3 Å². The third-order valence-electron chi connectivity index (χ3n) is 5.15. The Bertz CT molecular complexity index is 1190. The summed E-state index contributed by atoms with van der Waals surface area (Å²) in [5.74, 6) is -0.273. The number of anilines is 3. The number of hydrogen-bond acceptors (Lipinski definition) is 6. The highest BCUT2D eigenvalue weighted by Crippen LogP contribution is 2.34. The van der Waals surface area contributed by atoms with Crippen molar-refractivity contribution in [3.8, 4) is 11.4 Å². The molecule has 0 unspecified atom stereocenters. The number of benzene rings is 1. The van der Waals surface area contributed by atoms with Crippen LogP contribution in [0.15, 0.2) is 30.5 Å². The van der Waals surface area contributed by atoms with Crippen molar-refractivity contribution in [2.24, 2.45) is 0 Å². The van der Waals surface area contributed by atoms with E-state index in [0.29, 0.717) is 17.5 Å². The number of pyridine rings is 1. The molecule has 33 heavy (non-hydrogen) atoms. The average molecular weight is 463 g/mol. The summed E-state index contributed by atoms with van der Waals surface area (Å²) in [5, 5.41) is 10.2. The van der Waals surface area contributed by atoms with E-state index in [4.69, 9.17) is 0 Å². The number of aryl methyl sites for hydroxylation is 1. The first-order chi connectivity index (χ1) is 15.6. The van der Waals surface area contributed by atoms with Crippen LogP contribution in [0.2, 0.25) is 0 Å². The van der Waals surface area contributed by atoms with Gasteiger partial charge >= 0.3 is 6.18 Å². The first-order valence-electron chi connectivity index (χ1n) is 10.1. The molecule has 0 aliphatic carbocycles. The monoisotopic (exact) mass is 463 g/mol. The van der Waals surface area contributed by atoms with E-state index in [0.717, 1.165) is 30.4 Å². The normalized spacial score (nSPS) is 12.9. The quantitative estimate of drug-likeness (QED) is 0.543. The number of fused-ring (bicyclic) bond motifs is 1. The molecule has 0 bridgehead atoms. The molecule has 3 heterocycles. The lowest BCUT2D eigenvalue weighted by Gasteiger charge is -2.11. The summed E-state index contributed by atoms with van der Waals surface area (Å²) in [6, 6.07) is 4.48. The topological polar surface area (TPSA) is 88.0 Å². The van der Waals surface area contributed by atoms with E-state index >= 15 is 0 Å². The van der Waals surface area contributed by atoms with Gasteiger partial charge in [-0.15, -0.1) is 5.10 Å². The Morgan fingerprint density at radius 1 is 1.27 bits per heavy atom. The van der Waals surface area contributed by atoms with Crippen LogP contribution in [-0.4, -0.2) is 51.2 Å². The van der Waals surface area contributed by atoms with E-state index < -0.39 is 17.6 Å². The molecular formula is C21H21F4N7O. The molecule has 0 atom stereocenters. The van der Waals surface area contributed by atoms with Crippen LogP contribution in [0, 0.1) is 5.82 Å². The molecular weight excluding hydrogens is 442 g/mol. The lowest BCUT2D eigenvalue weighted by atomic mass is 10.1. The zero-order valence-electron chi connectivity index (χ0n) is 17.9. The number of nitrogens with zero attached hydrogens (tertiary/aromatic N) is 5. The molecule has 1 amide bonds. The number of nitrogens with one attached hydrogen (secondary N) is 2. The molecule has 0 saturated heterocycles. The van der Waals surface area contributed by atoms with Gasteiger partial charge in [0.15, 0.2) is 5.82 Å². The molecule has 12 heteroatoms. The Morgan fingerprint density at radius 3 is 2.79 bits per heavy atom. The number of carbonyl (C=O) groups is 1. The predicted octanol–water partition coefficient (Wildman–Crippen LogP) is 3.69. The molecule has 3 aromatic rings. The second kappa shape index (κ2) is 8.68.